The number of rotatable bonds is 5. The lowest BCUT2D eigenvalue weighted by molar-refractivity contribution is 0.102. The average Bonchev–Trinajstić information content (AvgIpc) is 2.79. The Morgan fingerprint density at radius 1 is 0.933 bits per heavy atom. The number of sulfonamides is 1. The molecule has 0 saturated heterocycles. The van der Waals surface area contributed by atoms with Crippen LogP contribution in [0.1, 0.15) is 10.4 Å². The minimum atomic E-state index is -3.54. The SMILES string of the molecule is CNS(=O)(=O)c1ccc(NC(=O)c2cc(-c3ccncc3)nc3ccccc23)cc1. The topological polar surface area (TPSA) is 101 Å². The highest BCUT2D eigenvalue weighted by Gasteiger charge is 2.15. The van der Waals surface area contributed by atoms with E-state index in [1.54, 1.807) is 30.6 Å². The molecule has 2 N–H and O–H groups in total. The number of aromatic nitrogens is 2. The Morgan fingerprint density at radius 2 is 1.63 bits per heavy atom. The van der Waals surface area contributed by atoms with Gasteiger partial charge < -0.3 is 5.32 Å². The second-order valence-electron chi connectivity index (χ2n) is 6.49. The first kappa shape index (κ1) is 19.7. The van der Waals surface area contributed by atoms with Gasteiger partial charge in [0, 0.05) is 29.0 Å². The van der Waals surface area contributed by atoms with Crippen molar-refractivity contribution in [2.45, 2.75) is 4.90 Å². The zero-order chi connectivity index (χ0) is 21.1. The summed E-state index contributed by atoms with van der Waals surface area (Å²) < 4.78 is 26.0. The minimum absolute atomic E-state index is 0.123. The van der Waals surface area contributed by atoms with Crippen LogP contribution in [0.3, 0.4) is 0 Å². The molecule has 8 heteroatoms. The molecule has 30 heavy (non-hydrogen) atoms. The predicted molar refractivity (Wildman–Crippen MR) is 116 cm³/mol. The van der Waals surface area contributed by atoms with Gasteiger partial charge in [0.15, 0.2) is 0 Å². The summed E-state index contributed by atoms with van der Waals surface area (Å²) in [5, 5.41) is 3.56. The molecule has 0 unspecified atom stereocenters. The monoisotopic (exact) mass is 418 g/mol. The molecular weight excluding hydrogens is 400 g/mol. The molecule has 2 heterocycles. The summed E-state index contributed by atoms with van der Waals surface area (Å²) in [6, 6.07) is 18.8. The maximum Gasteiger partial charge on any atom is 0.256 e. The van der Waals surface area contributed by atoms with E-state index >= 15 is 0 Å². The number of para-hydroxylation sites is 1. The molecule has 0 spiro atoms. The van der Waals surface area contributed by atoms with Crippen molar-refractivity contribution < 1.29 is 13.2 Å². The highest BCUT2D eigenvalue weighted by Crippen LogP contribution is 2.25. The first-order valence-corrected chi connectivity index (χ1v) is 10.6. The highest BCUT2D eigenvalue weighted by molar-refractivity contribution is 7.89. The van der Waals surface area contributed by atoms with Crippen LogP contribution in [-0.4, -0.2) is 31.3 Å². The quantitative estimate of drug-likeness (QED) is 0.517. The van der Waals surface area contributed by atoms with Crippen molar-refractivity contribution in [3.63, 3.8) is 0 Å². The largest absolute Gasteiger partial charge is 0.322 e. The number of benzene rings is 2. The molecule has 0 radical (unpaired) electrons. The van der Waals surface area contributed by atoms with Gasteiger partial charge in [0.25, 0.3) is 5.91 Å². The van der Waals surface area contributed by atoms with Gasteiger partial charge in [0.2, 0.25) is 10.0 Å². The molecule has 0 bridgehead atoms. The van der Waals surface area contributed by atoms with Crippen LogP contribution in [0.2, 0.25) is 0 Å². The maximum absolute atomic E-state index is 13.1. The molecule has 4 aromatic rings. The number of nitrogens with zero attached hydrogens (tertiary/aromatic N) is 2. The molecule has 0 fully saturated rings. The number of nitrogens with one attached hydrogen (secondary N) is 2. The first-order valence-electron chi connectivity index (χ1n) is 9.13. The summed E-state index contributed by atoms with van der Waals surface area (Å²) in [7, 11) is -2.19. The number of fused-ring (bicyclic) bond motifs is 1. The molecule has 0 atom stereocenters. The fourth-order valence-corrected chi connectivity index (χ4v) is 3.80. The van der Waals surface area contributed by atoms with Crippen molar-refractivity contribution in [2.75, 3.05) is 12.4 Å². The molecule has 2 aromatic heterocycles. The van der Waals surface area contributed by atoms with Crippen molar-refractivity contribution in [3.05, 3.63) is 84.7 Å². The lowest BCUT2D eigenvalue weighted by Crippen LogP contribution is -2.18. The van der Waals surface area contributed by atoms with Crippen LogP contribution in [0.4, 0.5) is 5.69 Å². The lowest BCUT2D eigenvalue weighted by atomic mass is 10.0. The van der Waals surface area contributed by atoms with Crippen molar-refractivity contribution in [3.8, 4) is 11.3 Å². The molecule has 0 aliphatic heterocycles. The van der Waals surface area contributed by atoms with Gasteiger partial charge >= 0.3 is 0 Å². The standard InChI is InChI=1S/C22H18N4O3S/c1-23-30(28,29)17-8-6-16(7-9-17)25-22(27)19-14-21(15-10-12-24-13-11-15)26-20-5-3-2-4-18(19)20/h2-14,23H,1H3,(H,25,27). The fraction of sp³-hybridized carbons (Fsp3) is 0.0455. The van der Waals surface area contributed by atoms with E-state index in [-0.39, 0.29) is 10.8 Å². The minimum Gasteiger partial charge on any atom is -0.322 e. The summed E-state index contributed by atoms with van der Waals surface area (Å²) in [6.45, 7) is 0. The fourth-order valence-electron chi connectivity index (χ4n) is 3.07. The van der Waals surface area contributed by atoms with Crippen LogP contribution < -0.4 is 10.0 Å². The first-order chi connectivity index (χ1) is 14.5. The summed E-state index contributed by atoms with van der Waals surface area (Å²) in [5.74, 6) is -0.312. The zero-order valence-corrected chi connectivity index (χ0v) is 16.8. The Balaban J connectivity index is 1.71. The van der Waals surface area contributed by atoms with Gasteiger partial charge in [-0.3, -0.25) is 9.78 Å². The van der Waals surface area contributed by atoms with Crippen LogP contribution in [0.25, 0.3) is 22.2 Å². The third kappa shape index (κ3) is 3.91. The van der Waals surface area contributed by atoms with Crippen molar-refractivity contribution in [1.82, 2.24) is 14.7 Å². The summed E-state index contributed by atoms with van der Waals surface area (Å²) in [4.78, 5) is 21.9. The number of carbonyl (C=O) groups excluding carboxylic acids is 1. The molecule has 0 aliphatic carbocycles. The van der Waals surface area contributed by atoms with Crippen LogP contribution in [0, 0.1) is 0 Å². The Kier molecular flexibility index (Phi) is 5.26. The van der Waals surface area contributed by atoms with Crippen molar-refractivity contribution in [1.29, 1.82) is 0 Å². The van der Waals surface area contributed by atoms with E-state index in [9.17, 15) is 13.2 Å². The number of carbonyl (C=O) groups is 1. The Morgan fingerprint density at radius 3 is 2.33 bits per heavy atom. The Labute approximate surface area is 173 Å². The van der Waals surface area contributed by atoms with Gasteiger partial charge in [-0.25, -0.2) is 18.1 Å². The van der Waals surface area contributed by atoms with Gasteiger partial charge in [-0.1, -0.05) is 18.2 Å². The summed E-state index contributed by atoms with van der Waals surface area (Å²) >= 11 is 0. The number of hydrogen-bond acceptors (Lipinski definition) is 5. The zero-order valence-electron chi connectivity index (χ0n) is 16.0. The van der Waals surface area contributed by atoms with Gasteiger partial charge in [0.1, 0.15) is 0 Å². The van der Waals surface area contributed by atoms with Gasteiger partial charge in [-0.2, -0.15) is 0 Å². The van der Waals surface area contributed by atoms with Gasteiger partial charge in [-0.15, -0.1) is 0 Å². The molecule has 7 nitrogen and oxygen atoms in total. The Hall–Kier alpha value is -3.62. The molecule has 0 aliphatic rings. The molecule has 1 amide bonds. The smallest absolute Gasteiger partial charge is 0.256 e. The number of amides is 1. The third-order valence-corrected chi connectivity index (χ3v) is 6.06. The van der Waals surface area contributed by atoms with E-state index in [4.69, 9.17) is 0 Å². The van der Waals surface area contributed by atoms with Crippen LogP contribution >= 0.6 is 0 Å². The second-order valence-corrected chi connectivity index (χ2v) is 8.38. The highest BCUT2D eigenvalue weighted by atomic mass is 32.2. The average molecular weight is 418 g/mol. The molecule has 4 rings (SSSR count). The summed E-state index contributed by atoms with van der Waals surface area (Å²) in [5.41, 5.74) is 3.18. The maximum atomic E-state index is 13.1. The van der Waals surface area contributed by atoms with E-state index in [0.29, 0.717) is 22.5 Å². The predicted octanol–water partition coefficient (Wildman–Crippen LogP) is 3.46. The van der Waals surface area contributed by atoms with E-state index in [2.05, 4.69) is 20.0 Å². The van der Waals surface area contributed by atoms with Crippen LogP contribution in [0.15, 0.2) is 84.0 Å². The van der Waals surface area contributed by atoms with E-state index in [0.717, 1.165) is 10.9 Å². The third-order valence-electron chi connectivity index (χ3n) is 4.63. The molecule has 2 aromatic carbocycles. The van der Waals surface area contributed by atoms with E-state index in [1.807, 2.05) is 36.4 Å². The normalized spacial score (nSPS) is 11.4. The molecule has 150 valence electrons. The number of pyridine rings is 2. The van der Waals surface area contributed by atoms with Crippen LogP contribution in [0.5, 0.6) is 0 Å². The van der Waals surface area contributed by atoms with Crippen molar-refractivity contribution >= 4 is 32.5 Å². The molecular formula is C22H18N4O3S. The van der Waals surface area contributed by atoms with Gasteiger partial charge in [-0.05, 0) is 55.6 Å². The van der Waals surface area contributed by atoms with E-state index < -0.39 is 10.0 Å². The molecule has 0 saturated carbocycles. The van der Waals surface area contributed by atoms with Crippen LogP contribution in [-0.2, 0) is 10.0 Å². The second kappa shape index (κ2) is 8.02. The van der Waals surface area contributed by atoms with E-state index in [1.165, 1.54) is 19.2 Å². The number of anilines is 1. The number of hydrogen-bond donors (Lipinski definition) is 2. The van der Waals surface area contributed by atoms with Crippen molar-refractivity contribution in [2.24, 2.45) is 0 Å². The summed E-state index contributed by atoms with van der Waals surface area (Å²) in [6.07, 6.45) is 3.35. The lowest BCUT2D eigenvalue weighted by Gasteiger charge is -2.11. The van der Waals surface area contributed by atoms with Gasteiger partial charge in [0.05, 0.1) is 21.7 Å². The Bertz CT molecular complexity index is 1320.